The Morgan fingerprint density at radius 1 is 1.32 bits per heavy atom. The average molecular weight is 372 g/mol. The van der Waals surface area contributed by atoms with Gasteiger partial charge in [0.2, 0.25) is 0 Å². The van der Waals surface area contributed by atoms with Crippen LogP contribution in [0.4, 0.5) is 11.4 Å². The van der Waals surface area contributed by atoms with Crippen LogP contribution in [0.3, 0.4) is 0 Å². The summed E-state index contributed by atoms with van der Waals surface area (Å²) in [6.07, 6.45) is 5.14. The van der Waals surface area contributed by atoms with Gasteiger partial charge >= 0.3 is 0 Å². The van der Waals surface area contributed by atoms with Gasteiger partial charge in [0.05, 0.1) is 21.8 Å². The number of allylic oxidation sites excluding steroid dienone is 2. The first-order valence-electron chi connectivity index (χ1n) is 7.20. The highest BCUT2D eigenvalue weighted by atomic mass is 32.2. The number of thiocarbonyl (C=S) groups is 1. The fraction of sp³-hybridized carbons (Fsp3) is 0.0588. The van der Waals surface area contributed by atoms with E-state index in [-0.39, 0.29) is 11.6 Å². The van der Waals surface area contributed by atoms with E-state index >= 15 is 0 Å². The van der Waals surface area contributed by atoms with Crippen LogP contribution >= 0.6 is 24.0 Å². The standard InChI is InChI=1S/C17H12N2O4S2/c1-11(9-14-3-2-8-23-14)10-15-16(20)18(17(24)25-15)12-4-6-13(7-5-12)19(21)22/h2-10H,1H3/b11-9+,15-10+. The summed E-state index contributed by atoms with van der Waals surface area (Å²) >= 11 is 6.48. The molecule has 8 heteroatoms. The first-order chi connectivity index (χ1) is 12.0. The van der Waals surface area contributed by atoms with Gasteiger partial charge in [-0.3, -0.25) is 19.8 Å². The van der Waals surface area contributed by atoms with Gasteiger partial charge in [-0.05, 0) is 48.9 Å². The van der Waals surface area contributed by atoms with Gasteiger partial charge in [-0.2, -0.15) is 0 Å². The van der Waals surface area contributed by atoms with Crippen LogP contribution in [0.25, 0.3) is 6.08 Å². The molecule has 0 aliphatic carbocycles. The summed E-state index contributed by atoms with van der Waals surface area (Å²) in [5.41, 5.74) is 1.31. The number of hydrogen-bond donors (Lipinski definition) is 0. The maximum absolute atomic E-state index is 12.6. The zero-order valence-corrected chi connectivity index (χ0v) is 14.7. The SMILES string of the molecule is CC(=C\c1ccco1)/C=C1/SC(=S)N(c2ccc([N+](=O)[O-])cc2)C1=O. The summed E-state index contributed by atoms with van der Waals surface area (Å²) in [5.74, 6) is 0.440. The molecule has 0 unspecified atom stereocenters. The van der Waals surface area contributed by atoms with E-state index in [2.05, 4.69) is 0 Å². The van der Waals surface area contributed by atoms with Crippen LogP contribution in [0.5, 0.6) is 0 Å². The first kappa shape index (κ1) is 17.1. The molecule has 126 valence electrons. The van der Waals surface area contributed by atoms with Crippen molar-refractivity contribution >= 4 is 51.7 Å². The highest BCUT2D eigenvalue weighted by Crippen LogP contribution is 2.36. The number of hydrogen-bond acceptors (Lipinski definition) is 6. The Bertz CT molecular complexity index is 899. The van der Waals surface area contributed by atoms with Gasteiger partial charge in [0.1, 0.15) is 5.76 Å². The second-order valence-corrected chi connectivity index (χ2v) is 6.87. The lowest BCUT2D eigenvalue weighted by Gasteiger charge is -2.13. The number of nitro benzene ring substituents is 1. The third kappa shape index (κ3) is 3.70. The number of nitrogens with zero attached hydrogens (tertiary/aromatic N) is 2. The molecule has 0 spiro atoms. The van der Waals surface area contributed by atoms with Crippen LogP contribution in [-0.4, -0.2) is 15.2 Å². The van der Waals surface area contributed by atoms with Crippen molar-refractivity contribution in [2.45, 2.75) is 6.92 Å². The second-order valence-electron chi connectivity index (χ2n) is 5.19. The Balaban J connectivity index is 1.84. The molecule has 1 aliphatic heterocycles. The van der Waals surface area contributed by atoms with Crippen LogP contribution in [0.1, 0.15) is 12.7 Å². The first-order valence-corrected chi connectivity index (χ1v) is 8.42. The maximum Gasteiger partial charge on any atom is 0.270 e. The molecule has 1 amide bonds. The van der Waals surface area contributed by atoms with Crippen molar-refractivity contribution in [1.82, 2.24) is 0 Å². The summed E-state index contributed by atoms with van der Waals surface area (Å²) in [6, 6.07) is 9.32. The van der Waals surface area contributed by atoms with Crippen molar-refractivity contribution in [2.24, 2.45) is 0 Å². The van der Waals surface area contributed by atoms with E-state index in [1.165, 1.54) is 40.9 Å². The Morgan fingerprint density at radius 2 is 2.04 bits per heavy atom. The largest absolute Gasteiger partial charge is 0.465 e. The maximum atomic E-state index is 12.6. The predicted molar refractivity (Wildman–Crippen MR) is 101 cm³/mol. The third-order valence-corrected chi connectivity index (χ3v) is 4.69. The molecule has 6 nitrogen and oxygen atoms in total. The molecule has 1 aromatic carbocycles. The molecular weight excluding hydrogens is 360 g/mol. The van der Waals surface area contributed by atoms with Gasteiger partial charge in [0.15, 0.2) is 4.32 Å². The summed E-state index contributed by atoms with van der Waals surface area (Å²) in [6.45, 7) is 1.86. The van der Waals surface area contributed by atoms with Gasteiger partial charge < -0.3 is 4.42 Å². The minimum Gasteiger partial charge on any atom is -0.465 e. The number of rotatable bonds is 4. The highest BCUT2D eigenvalue weighted by Gasteiger charge is 2.33. The van der Waals surface area contributed by atoms with Crippen molar-refractivity contribution in [3.05, 3.63) is 75.1 Å². The quantitative estimate of drug-likeness (QED) is 0.339. The fourth-order valence-corrected chi connectivity index (χ4v) is 3.61. The molecule has 1 aliphatic rings. The van der Waals surface area contributed by atoms with Crippen LogP contribution in [0, 0.1) is 10.1 Å². The van der Waals surface area contributed by atoms with Crippen molar-refractivity contribution in [3.8, 4) is 0 Å². The number of thioether (sulfide) groups is 1. The van der Waals surface area contributed by atoms with Crippen LogP contribution in [0.15, 0.2) is 63.6 Å². The normalized spacial score (nSPS) is 16.8. The van der Waals surface area contributed by atoms with Crippen LogP contribution in [0.2, 0.25) is 0 Å². The number of non-ortho nitro benzene ring substituents is 1. The molecule has 0 bridgehead atoms. The second kappa shape index (κ2) is 7.04. The number of anilines is 1. The molecule has 25 heavy (non-hydrogen) atoms. The summed E-state index contributed by atoms with van der Waals surface area (Å²) in [4.78, 5) is 24.7. The summed E-state index contributed by atoms with van der Waals surface area (Å²) in [7, 11) is 0. The number of nitro groups is 1. The van der Waals surface area contributed by atoms with E-state index in [4.69, 9.17) is 16.6 Å². The fourth-order valence-electron chi connectivity index (χ4n) is 2.26. The number of carbonyl (C=O) groups excluding carboxylic acids is 1. The Morgan fingerprint density at radius 3 is 2.64 bits per heavy atom. The molecule has 0 atom stereocenters. The lowest BCUT2D eigenvalue weighted by atomic mass is 10.2. The lowest BCUT2D eigenvalue weighted by molar-refractivity contribution is -0.384. The van der Waals surface area contributed by atoms with E-state index in [0.29, 0.717) is 20.7 Å². The smallest absolute Gasteiger partial charge is 0.270 e. The molecule has 1 fully saturated rings. The van der Waals surface area contributed by atoms with Gasteiger partial charge in [0.25, 0.3) is 11.6 Å². The lowest BCUT2D eigenvalue weighted by Crippen LogP contribution is -2.27. The number of furan rings is 1. The van der Waals surface area contributed by atoms with Gasteiger partial charge in [-0.1, -0.05) is 24.0 Å². The Labute approximate surface area is 153 Å². The number of carbonyl (C=O) groups is 1. The monoisotopic (exact) mass is 372 g/mol. The van der Waals surface area contributed by atoms with Crippen LogP contribution in [-0.2, 0) is 4.79 Å². The van der Waals surface area contributed by atoms with Crippen molar-refractivity contribution in [1.29, 1.82) is 0 Å². The average Bonchev–Trinajstić information content (AvgIpc) is 3.16. The zero-order chi connectivity index (χ0) is 18.0. The Kier molecular flexibility index (Phi) is 4.82. The minimum absolute atomic E-state index is 0.0399. The molecule has 3 rings (SSSR count). The van der Waals surface area contributed by atoms with Crippen molar-refractivity contribution in [2.75, 3.05) is 4.90 Å². The third-order valence-electron chi connectivity index (χ3n) is 3.38. The van der Waals surface area contributed by atoms with Crippen molar-refractivity contribution < 1.29 is 14.1 Å². The van der Waals surface area contributed by atoms with E-state index in [1.807, 2.05) is 19.1 Å². The molecule has 2 aromatic rings. The van der Waals surface area contributed by atoms with E-state index < -0.39 is 4.92 Å². The van der Waals surface area contributed by atoms with Gasteiger partial charge in [-0.15, -0.1) is 0 Å². The highest BCUT2D eigenvalue weighted by molar-refractivity contribution is 8.27. The molecule has 1 aromatic heterocycles. The van der Waals surface area contributed by atoms with E-state index in [1.54, 1.807) is 18.4 Å². The molecule has 2 heterocycles. The van der Waals surface area contributed by atoms with Crippen molar-refractivity contribution in [3.63, 3.8) is 0 Å². The molecule has 0 saturated carbocycles. The molecular formula is C17H12N2O4S2. The molecule has 1 saturated heterocycles. The minimum atomic E-state index is -0.489. The Hall–Kier alpha value is -2.71. The predicted octanol–water partition coefficient (Wildman–Crippen LogP) is 4.54. The van der Waals surface area contributed by atoms with E-state index in [9.17, 15) is 14.9 Å². The molecule has 0 radical (unpaired) electrons. The van der Waals surface area contributed by atoms with Crippen LogP contribution < -0.4 is 4.90 Å². The number of amides is 1. The van der Waals surface area contributed by atoms with Gasteiger partial charge in [-0.25, -0.2) is 0 Å². The summed E-state index contributed by atoms with van der Waals surface area (Å²) < 4.78 is 5.63. The van der Waals surface area contributed by atoms with Gasteiger partial charge in [0, 0.05) is 12.1 Å². The summed E-state index contributed by atoms with van der Waals surface area (Å²) in [5, 5.41) is 10.7. The van der Waals surface area contributed by atoms with E-state index in [0.717, 1.165) is 5.57 Å². The molecule has 0 N–H and O–H groups in total. The topological polar surface area (TPSA) is 76.6 Å². The zero-order valence-electron chi connectivity index (χ0n) is 13.0. The number of benzene rings is 1.